The van der Waals surface area contributed by atoms with Gasteiger partial charge in [-0.25, -0.2) is 0 Å². The molecule has 2 nitrogen and oxygen atoms in total. The number of hydrogen-bond donors (Lipinski definition) is 0. The van der Waals surface area contributed by atoms with E-state index >= 15 is 0 Å². The van der Waals surface area contributed by atoms with Crippen LogP contribution in [0.5, 0.6) is 0 Å². The Morgan fingerprint density at radius 1 is 1.04 bits per heavy atom. The summed E-state index contributed by atoms with van der Waals surface area (Å²) in [5.74, 6) is 0.881. The van der Waals surface area contributed by atoms with E-state index in [4.69, 9.17) is 0 Å². The molecule has 28 heavy (non-hydrogen) atoms. The smallest absolute Gasteiger partial charge is 0.0588 e. The summed E-state index contributed by atoms with van der Waals surface area (Å²) in [5, 5.41) is 1.48. The fourth-order valence-electron chi connectivity index (χ4n) is 5.92. The molecule has 2 atom stereocenters. The van der Waals surface area contributed by atoms with Crippen molar-refractivity contribution in [3.05, 3.63) is 71.4 Å². The number of fused-ring (bicyclic) bond motifs is 5. The van der Waals surface area contributed by atoms with Crippen molar-refractivity contribution in [1.29, 1.82) is 0 Å². The van der Waals surface area contributed by atoms with Crippen molar-refractivity contribution in [2.45, 2.75) is 58.0 Å². The van der Waals surface area contributed by atoms with E-state index in [2.05, 4.69) is 77.9 Å². The highest BCUT2D eigenvalue weighted by Gasteiger charge is 2.45. The van der Waals surface area contributed by atoms with Crippen molar-refractivity contribution >= 4 is 10.9 Å². The Kier molecular flexibility index (Phi) is 4.55. The molecule has 0 amide bonds. The Labute approximate surface area is 169 Å². The quantitative estimate of drug-likeness (QED) is 0.547. The highest BCUT2D eigenvalue weighted by atomic mass is 15.2. The van der Waals surface area contributed by atoms with Crippen molar-refractivity contribution in [1.82, 2.24) is 9.47 Å². The van der Waals surface area contributed by atoms with Gasteiger partial charge < -0.3 is 4.57 Å². The van der Waals surface area contributed by atoms with E-state index in [9.17, 15) is 0 Å². The van der Waals surface area contributed by atoms with E-state index in [1.165, 1.54) is 61.7 Å². The number of nitrogens with zero attached hydrogens (tertiary/aromatic N) is 2. The van der Waals surface area contributed by atoms with Crippen LogP contribution < -0.4 is 0 Å². The van der Waals surface area contributed by atoms with Crippen LogP contribution in [0.15, 0.2) is 54.6 Å². The van der Waals surface area contributed by atoms with E-state index in [1.807, 2.05) is 0 Å². The first-order chi connectivity index (χ1) is 13.7. The van der Waals surface area contributed by atoms with Crippen LogP contribution in [-0.4, -0.2) is 22.6 Å². The van der Waals surface area contributed by atoms with Gasteiger partial charge in [-0.1, -0.05) is 61.9 Å². The van der Waals surface area contributed by atoms with Crippen LogP contribution in [0.2, 0.25) is 0 Å². The van der Waals surface area contributed by atoms with Crippen molar-refractivity contribution in [2.24, 2.45) is 5.92 Å². The summed E-state index contributed by atoms with van der Waals surface area (Å²) in [7, 11) is 0. The molecule has 0 saturated carbocycles. The zero-order valence-electron chi connectivity index (χ0n) is 17.3. The van der Waals surface area contributed by atoms with Crippen LogP contribution >= 0.6 is 0 Å². The van der Waals surface area contributed by atoms with Crippen LogP contribution in [0.3, 0.4) is 0 Å². The highest BCUT2D eigenvalue weighted by molar-refractivity contribution is 5.86. The highest BCUT2D eigenvalue weighted by Crippen LogP contribution is 2.47. The second kappa shape index (κ2) is 7.08. The number of piperidine rings is 1. The first-order valence-corrected chi connectivity index (χ1v) is 11.1. The molecule has 0 spiro atoms. The molecule has 3 heterocycles. The zero-order chi connectivity index (χ0) is 19.1. The number of rotatable bonds is 4. The summed E-state index contributed by atoms with van der Waals surface area (Å²) < 4.78 is 2.65. The van der Waals surface area contributed by atoms with Crippen molar-refractivity contribution < 1.29 is 0 Å². The Balaban J connectivity index is 1.64. The standard InChI is InChI=1S/C26H32N2/c1-3-9-20-14-16-26(2)25-23(15-17-27(26)18-20)22-12-7-8-13-24(22)28(25)19-21-10-5-4-6-11-21/h4-8,10-13,20H,3,9,14-19H2,1-2H3. The molecule has 0 radical (unpaired) electrons. The molecule has 2 heteroatoms. The van der Waals surface area contributed by atoms with Gasteiger partial charge in [-0.15, -0.1) is 0 Å². The van der Waals surface area contributed by atoms with Crippen LogP contribution in [0.1, 0.15) is 56.4 Å². The van der Waals surface area contributed by atoms with Gasteiger partial charge in [0.15, 0.2) is 0 Å². The van der Waals surface area contributed by atoms with Gasteiger partial charge in [-0.3, -0.25) is 4.90 Å². The first kappa shape index (κ1) is 18.0. The maximum atomic E-state index is 2.82. The third kappa shape index (κ3) is 2.81. The van der Waals surface area contributed by atoms with E-state index in [0.717, 1.165) is 12.5 Å². The zero-order valence-corrected chi connectivity index (χ0v) is 17.3. The number of aromatic nitrogens is 1. The fourth-order valence-corrected chi connectivity index (χ4v) is 5.92. The third-order valence-corrected chi connectivity index (χ3v) is 7.31. The van der Waals surface area contributed by atoms with Crippen LogP contribution in [0, 0.1) is 5.92 Å². The van der Waals surface area contributed by atoms with E-state index in [0.29, 0.717) is 0 Å². The van der Waals surface area contributed by atoms with E-state index in [-0.39, 0.29) is 5.54 Å². The molecule has 146 valence electrons. The molecule has 2 aromatic carbocycles. The van der Waals surface area contributed by atoms with Gasteiger partial charge in [0.25, 0.3) is 0 Å². The molecule has 0 aliphatic carbocycles. The summed E-state index contributed by atoms with van der Waals surface area (Å²) >= 11 is 0. The third-order valence-electron chi connectivity index (χ3n) is 7.31. The average Bonchev–Trinajstić information content (AvgIpc) is 3.04. The SMILES string of the molecule is CCCC1CCC2(C)c3c(c4ccccc4n3Cc3ccccc3)CCN2C1. The number of hydrogen-bond acceptors (Lipinski definition) is 1. The first-order valence-electron chi connectivity index (χ1n) is 11.1. The lowest BCUT2D eigenvalue weighted by Gasteiger charge is -2.51. The molecule has 2 aliphatic rings. The molecule has 0 N–H and O–H groups in total. The second-order valence-corrected chi connectivity index (χ2v) is 9.08. The van der Waals surface area contributed by atoms with Gasteiger partial charge in [-0.05, 0) is 55.7 Å². The Morgan fingerprint density at radius 3 is 2.64 bits per heavy atom. The van der Waals surface area contributed by atoms with Crippen molar-refractivity contribution in [3.63, 3.8) is 0 Å². The monoisotopic (exact) mass is 372 g/mol. The molecule has 1 saturated heterocycles. The van der Waals surface area contributed by atoms with Gasteiger partial charge in [0.2, 0.25) is 0 Å². The Bertz CT molecular complexity index is 971. The summed E-state index contributed by atoms with van der Waals surface area (Å²) in [6, 6.07) is 20.1. The molecular weight excluding hydrogens is 340 g/mol. The lowest BCUT2D eigenvalue weighted by atomic mass is 9.76. The van der Waals surface area contributed by atoms with Gasteiger partial charge in [0.05, 0.1) is 5.54 Å². The summed E-state index contributed by atoms with van der Waals surface area (Å²) in [5.41, 5.74) is 6.19. The van der Waals surface area contributed by atoms with Crippen LogP contribution in [0.25, 0.3) is 10.9 Å². The molecule has 3 aromatic rings. The number of para-hydroxylation sites is 1. The van der Waals surface area contributed by atoms with Crippen molar-refractivity contribution in [3.8, 4) is 0 Å². The van der Waals surface area contributed by atoms with Gasteiger partial charge in [-0.2, -0.15) is 0 Å². The molecular formula is C26H32N2. The van der Waals surface area contributed by atoms with Gasteiger partial charge >= 0.3 is 0 Å². The number of benzene rings is 2. The Hall–Kier alpha value is -2.06. The summed E-state index contributed by atoms with van der Waals surface area (Å²) in [4.78, 5) is 2.82. The summed E-state index contributed by atoms with van der Waals surface area (Å²) in [6.07, 6.45) is 6.54. The fraction of sp³-hybridized carbons (Fsp3) is 0.462. The van der Waals surface area contributed by atoms with Gasteiger partial charge in [0.1, 0.15) is 0 Å². The second-order valence-electron chi connectivity index (χ2n) is 9.08. The molecule has 1 aromatic heterocycles. The van der Waals surface area contributed by atoms with Crippen molar-refractivity contribution in [2.75, 3.05) is 13.1 Å². The molecule has 5 rings (SSSR count). The molecule has 2 aliphatic heterocycles. The van der Waals surface area contributed by atoms with Crippen LogP contribution in [-0.2, 0) is 18.5 Å². The predicted molar refractivity (Wildman–Crippen MR) is 118 cm³/mol. The summed E-state index contributed by atoms with van der Waals surface area (Å²) in [6.45, 7) is 8.31. The predicted octanol–water partition coefficient (Wildman–Crippen LogP) is 5.97. The molecule has 1 fully saturated rings. The van der Waals surface area contributed by atoms with Crippen LogP contribution in [0.4, 0.5) is 0 Å². The van der Waals surface area contributed by atoms with E-state index in [1.54, 1.807) is 11.3 Å². The minimum atomic E-state index is 0.172. The van der Waals surface area contributed by atoms with Gasteiger partial charge in [0, 0.05) is 36.2 Å². The largest absolute Gasteiger partial charge is 0.338 e. The topological polar surface area (TPSA) is 8.17 Å². The maximum absolute atomic E-state index is 2.82. The lowest BCUT2D eigenvalue weighted by Crippen LogP contribution is -2.54. The molecule has 2 unspecified atom stereocenters. The average molecular weight is 373 g/mol. The Morgan fingerprint density at radius 2 is 1.82 bits per heavy atom. The lowest BCUT2D eigenvalue weighted by molar-refractivity contribution is 0.0129. The minimum Gasteiger partial charge on any atom is -0.338 e. The normalized spacial score (nSPS) is 24.9. The maximum Gasteiger partial charge on any atom is 0.0588 e. The minimum absolute atomic E-state index is 0.172. The molecule has 0 bridgehead atoms. The van der Waals surface area contributed by atoms with E-state index < -0.39 is 0 Å².